The van der Waals surface area contributed by atoms with Crippen LogP contribution < -0.4 is 9.80 Å². The van der Waals surface area contributed by atoms with Crippen LogP contribution in [0, 0.1) is 6.92 Å². The van der Waals surface area contributed by atoms with Gasteiger partial charge in [-0.1, -0.05) is 54.1 Å². The number of fused-ring (bicyclic) bond motifs is 1. The number of nitrogens with one attached hydrogen (secondary N) is 1. The molecule has 152 valence electrons. The molecule has 7 heteroatoms. The van der Waals surface area contributed by atoms with E-state index in [4.69, 9.17) is 11.6 Å². The third kappa shape index (κ3) is 3.64. The second-order valence-electron chi connectivity index (χ2n) is 7.77. The van der Waals surface area contributed by atoms with Crippen molar-refractivity contribution in [2.24, 2.45) is 0 Å². The van der Waals surface area contributed by atoms with Gasteiger partial charge in [-0.3, -0.25) is 0 Å². The van der Waals surface area contributed by atoms with Gasteiger partial charge in [0.25, 0.3) is 5.78 Å². The minimum Gasteiger partial charge on any atom is -0.345 e. The Hall–Kier alpha value is -2.96. The third-order valence-electron chi connectivity index (χ3n) is 5.84. The minimum absolute atomic E-state index is 0.288. The molecular formula is C23H24ClN6+. The topological polar surface area (TPSA) is 50.8 Å². The van der Waals surface area contributed by atoms with E-state index < -0.39 is 0 Å². The summed E-state index contributed by atoms with van der Waals surface area (Å²) in [6.45, 7) is 5.96. The van der Waals surface area contributed by atoms with Crippen molar-refractivity contribution in [2.75, 3.05) is 31.1 Å². The maximum absolute atomic E-state index is 6.15. The summed E-state index contributed by atoms with van der Waals surface area (Å²) < 4.78 is 1.84. The SMILES string of the molecule is Cc1cc(N2CC[NH+]([C@@H](c3ccccc3)c3ccc(Cl)cc3)CC2)n2ncnc2n1. The molecule has 1 saturated heterocycles. The number of benzene rings is 2. The largest absolute Gasteiger partial charge is 0.345 e. The molecule has 30 heavy (non-hydrogen) atoms. The van der Waals surface area contributed by atoms with E-state index in [0.717, 1.165) is 42.7 Å². The van der Waals surface area contributed by atoms with Gasteiger partial charge in [-0.05, 0) is 19.1 Å². The van der Waals surface area contributed by atoms with Crippen LogP contribution in [-0.4, -0.2) is 45.8 Å². The fourth-order valence-electron chi connectivity index (χ4n) is 4.41. The van der Waals surface area contributed by atoms with E-state index in [-0.39, 0.29) is 6.04 Å². The molecule has 3 heterocycles. The van der Waals surface area contributed by atoms with Crippen LogP contribution in [0.2, 0.25) is 5.02 Å². The van der Waals surface area contributed by atoms with Crippen LogP contribution in [0.5, 0.6) is 0 Å². The monoisotopic (exact) mass is 419 g/mol. The number of hydrogen-bond acceptors (Lipinski definition) is 4. The van der Waals surface area contributed by atoms with Crippen molar-refractivity contribution < 1.29 is 4.90 Å². The van der Waals surface area contributed by atoms with Crippen molar-refractivity contribution in [3.63, 3.8) is 0 Å². The van der Waals surface area contributed by atoms with Gasteiger partial charge < -0.3 is 9.80 Å². The molecule has 0 unspecified atom stereocenters. The number of anilines is 1. The highest BCUT2D eigenvalue weighted by molar-refractivity contribution is 6.30. The second-order valence-corrected chi connectivity index (χ2v) is 8.20. The predicted octanol–water partition coefficient (Wildman–Crippen LogP) is 2.58. The van der Waals surface area contributed by atoms with Crippen molar-refractivity contribution in [3.8, 4) is 0 Å². The molecule has 6 nitrogen and oxygen atoms in total. The summed E-state index contributed by atoms with van der Waals surface area (Å²) >= 11 is 6.15. The Labute approximate surface area is 180 Å². The fraction of sp³-hybridized carbons (Fsp3) is 0.261. The molecule has 0 bridgehead atoms. The van der Waals surface area contributed by atoms with E-state index in [9.17, 15) is 0 Å². The maximum Gasteiger partial charge on any atom is 0.254 e. The summed E-state index contributed by atoms with van der Waals surface area (Å²) in [4.78, 5) is 12.7. The molecule has 2 aromatic heterocycles. The molecule has 0 spiro atoms. The molecular weight excluding hydrogens is 396 g/mol. The predicted molar refractivity (Wildman–Crippen MR) is 118 cm³/mol. The molecule has 0 saturated carbocycles. The quantitative estimate of drug-likeness (QED) is 0.552. The number of quaternary nitrogens is 1. The lowest BCUT2D eigenvalue weighted by Gasteiger charge is -2.37. The van der Waals surface area contributed by atoms with E-state index in [1.54, 1.807) is 11.2 Å². The van der Waals surface area contributed by atoms with Gasteiger partial charge in [0.05, 0.1) is 26.2 Å². The van der Waals surface area contributed by atoms with E-state index in [0.29, 0.717) is 5.78 Å². The van der Waals surface area contributed by atoms with Gasteiger partial charge in [0, 0.05) is 27.9 Å². The molecule has 1 aliphatic rings. The van der Waals surface area contributed by atoms with E-state index >= 15 is 0 Å². The lowest BCUT2D eigenvalue weighted by molar-refractivity contribution is -0.926. The summed E-state index contributed by atoms with van der Waals surface area (Å²) in [6.07, 6.45) is 1.57. The van der Waals surface area contributed by atoms with Crippen LogP contribution in [0.1, 0.15) is 22.9 Å². The summed E-state index contributed by atoms with van der Waals surface area (Å²) in [5.74, 6) is 1.72. The number of piperazine rings is 1. The molecule has 2 aromatic carbocycles. The maximum atomic E-state index is 6.15. The first-order valence-electron chi connectivity index (χ1n) is 10.3. The standard InChI is InChI=1S/C23H23ClN6/c1-17-15-21(30-23(27-17)25-16-26-30)28-11-13-29(14-12-28)22(18-5-3-2-4-6-18)19-7-9-20(24)10-8-19/h2-10,15-16,22H,11-14H2,1H3/p+1/t22-/m0/s1. The third-order valence-corrected chi connectivity index (χ3v) is 6.09. The number of aryl methyl sites for hydroxylation is 1. The number of aromatic nitrogens is 4. The van der Waals surface area contributed by atoms with E-state index in [1.807, 2.05) is 23.6 Å². The average molecular weight is 420 g/mol. The highest BCUT2D eigenvalue weighted by atomic mass is 35.5. The Morgan fingerprint density at radius 3 is 2.40 bits per heavy atom. The van der Waals surface area contributed by atoms with Gasteiger partial charge in [-0.15, -0.1) is 0 Å². The normalized spacial score (nSPS) is 16.1. The van der Waals surface area contributed by atoms with Crippen molar-refractivity contribution >= 4 is 23.2 Å². The zero-order chi connectivity index (χ0) is 20.5. The number of nitrogens with zero attached hydrogens (tertiary/aromatic N) is 5. The summed E-state index contributed by atoms with van der Waals surface area (Å²) in [7, 11) is 0. The highest BCUT2D eigenvalue weighted by Gasteiger charge is 2.31. The molecule has 1 fully saturated rings. The Morgan fingerprint density at radius 2 is 1.67 bits per heavy atom. The summed E-state index contributed by atoms with van der Waals surface area (Å²) in [5.41, 5.74) is 3.60. The van der Waals surface area contributed by atoms with Crippen LogP contribution in [0.25, 0.3) is 5.78 Å². The zero-order valence-electron chi connectivity index (χ0n) is 16.9. The van der Waals surface area contributed by atoms with Crippen molar-refractivity contribution in [3.05, 3.63) is 88.8 Å². The van der Waals surface area contributed by atoms with Crippen LogP contribution in [-0.2, 0) is 0 Å². The van der Waals surface area contributed by atoms with Crippen molar-refractivity contribution in [2.45, 2.75) is 13.0 Å². The number of rotatable bonds is 4. The first-order chi connectivity index (χ1) is 14.7. The second kappa shape index (κ2) is 8.05. The minimum atomic E-state index is 0.288. The van der Waals surface area contributed by atoms with Gasteiger partial charge in [-0.2, -0.15) is 14.6 Å². The smallest absolute Gasteiger partial charge is 0.254 e. The molecule has 0 amide bonds. The first-order valence-corrected chi connectivity index (χ1v) is 10.6. The van der Waals surface area contributed by atoms with Gasteiger partial charge in [-0.25, -0.2) is 4.98 Å². The molecule has 5 rings (SSSR count). The van der Waals surface area contributed by atoms with Crippen molar-refractivity contribution in [1.29, 1.82) is 0 Å². The Morgan fingerprint density at radius 1 is 0.967 bits per heavy atom. The molecule has 0 aliphatic carbocycles. The Kier molecular flexibility index (Phi) is 5.11. The van der Waals surface area contributed by atoms with Gasteiger partial charge in [0.2, 0.25) is 0 Å². The van der Waals surface area contributed by atoms with Gasteiger partial charge >= 0.3 is 0 Å². The summed E-state index contributed by atoms with van der Waals surface area (Å²) in [5, 5.41) is 5.15. The van der Waals surface area contributed by atoms with Gasteiger partial charge in [0.15, 0.2) is 0 Å². The number of halogens is 1. The lowest BCUT2D eigenvalue weighted by Crippen LogP contribution is -3.15. The van der Waals surface area contributed by atoms with Crippen LogP contribution in [0.15, 0.2) is 67.0 Å². The van der Waals surface area contributed by atoms with Crippen LogP contribution in [0.3, 0.4) is 0 Å². The molecule has 1 aliphatic heterocycles. The summed E-state index contributed by atoms with van der Waals surface area (Å²) in [6, 6.07) is 21.4. The van der Waals surface area contributed by atoms with Gasteiger partial charge in [0.1, 0.15) is 18.2 Å². The Bertz CT molecular complexity index is 1130. The van der Waals surface area contributed by atoms with Crippen molar-refractivity contribution in [1.82, 2.24) is 19.6 Å². The molecule has 1 atom stereocenters. The highest BCUT2D eigenvalue weighted by Crippen LogP contribution is 2.22. The molecule has 1 N–H and O–H groups in total. The lowest BCUT2D eigenvalue weighted by atomic mass is 9.96. The van der Waals surface area contributed by atoms with Crippen LogP contribution in [0.4, 0.5) is 5.82 Å². The zero-order valence-corrected chi connectivity index (χ0v) is 17.6. The average Bonchev–Trinajstić information content (AvgIpc) is 3.24. The molecule has 4 aromatic rings. The van der Waals surface area contributed by atoms with E-state index in [1.165, 1.54) is 11.1 Å². The Balaban J connectivity index is 1.42. The fourth-order valence-corrected chi connectivity index (χ4v) is 4.54. The van der Waals surface area contributed by atoms with Crippen LogP contribution >= 0.6 is 11.6 Å². The first kappa shape index (κ1) is 19.0. The number of hydrogen-bond donors (Lipinski definition) is 1. The van der Waals surface area contributed by atoms with E-state index in [2.05, 4.69) is 68.5 Å². The molecule has 0 radical (unpaired) electrons.